The molecule has 1 amide bonds. The van der Waals surface area contributed by atoms with Gasteiger partial charge in [-0.1, -0.05) is 29.3 Å². The first-order valence-electron chi connectivity index (χ1n) is 8.15. The summed E-state index contributed by atoms with van der Waals surface area (Å²) in [6.45, 7) is 0. The van der Waals surface area contributed by atoms with Gasteiger partial charge >= 0.3 is 0 Å². The summed E-state index contributed by atoms with van der Waals surface area (Å²) in [6, 6.07) is 8.54. The van der Waals surface area contributed by atoms with Gasteiger partial charge < -0.3 is 14.8 Å². The second kappa shape index (κ2) is 7.74. The van der Waals surface area contributed by atoms with Crippen LogP contribution in [-0.4, -0.2) is 33.2 Å². The number of carbonyl (C=O) groups is 1. The van der Waals surface area contributed by atoms with E-state index >= 15 is 0 Å². The number of methoxy groups -OCH3 is 2. The Morgan fingerprint density at radius 2 is 1.81 bits per heavy atom. The maximum atomic E-state index is 12.3. The van der Waals surface area contributed by atoms with E-state index in [-0.39, 0.29) is 18.0 Å². The molecule has 0 fully saturated rings. The van der Waals surface area contributed by atoms with Crippen LogP contribution in [0.4, 0.5) is 0 Å². The molecule has 1 aliphatic rings. The molecule has 1 heterocycles. The van der Waals surface area contributed by atoms with Gasteiger partial charge in [-0.3, -0.25) is 10.1 Å². The number of benzene rings is 2. The number of hydrogen-bond acceptors (Lipinski definition) is 4. The molecule has 0 saturated heterocycles. The molecular formula is C19H20Cl2N2O3. The normalized spacial score (nSPS) is 18.8. The predicted octanol–water partition coefficient (Wildman–Crippen LogP) is 3.36. The maximum absolute atomic E-state index is 12.3. The van der Waals surface area contributed by atoms with Crippen LogP contribution < -0.4 is 20.1 Å². The van der Waals surface area contributed by atoms with E-state index in [1.165, 1.54) is 0 Å². The molecule has 138 valence electrons. The summed E-state index contributed by atoms with van der Waals surface area (Å²) in [6.07, 6.45) is 0.539. The van der Waals surface area contributed by atoms with E-state index in [0.29, 0.717) is 28.0 Å². The molecule has 1 aliphatic heterocycles. The first-order chi connectivity index (χ1) is 12.5. The van der Waals surface area contributed by atoms with Gasteiger partial charge in [-0.2, -0.15) is 0 Å². The fraction of sp³-hybridized carbons (Fsp3) is 0.316. The Labute approximate surface area is 162 Å². The molecule has 0 spiro atoms. The smallest absolute Gasteiger partial charge is 0.237 e. The number of ether oxygens (including phenoxy) is 2. The number of rotatable bonds is 4. The molecule has 2 unspecified atom stereocenters. The molecule has 3 rings (SSSR count). The van der Waals surface area contributed by atoms with Crippen LogP contribution in [-0.2, 0) is 11.2 Å². The van der Waals surface area contributed by atoms with Crippen molar-refractivity contribution in [2.45, 2.75) is 18.5 Å². The molecule has 0 bridgehead atoms. The van der Waals surface area contributed by atoms with Crippen LogP contribution >= 0.6 is 23.2 Å². The lowest BCUT2D eigenvalue weighted by Crippen LogP contribution is -2.49. The summed E-state index contributed by atoms with van der Waals surface area (Å²) >= 11 is 12.5. The lowest BCUT2D eigenvalue weighted by Gasteiger charge is -2.33. The van der Waals surface area contributed by atoms with Gasteiger partial charge in [0.05, 0.1) is 26.3 Å². The quantitative estimate of drug-likeness (QED) is 0.834. The largest absolute Gasteiger partial charge is 0.493 e. The SMILES string of the molecule is CNC(=O)C1Cc2cc(OC)c(OC)cc2C(c2ccc(Cl)cc2Cl)N1. The minimum atomic E-state index is -0.387. The van der Waals surface area contributed by atoms with Gasteiger partial charge in [-0.05, 0) is 47.4 Å². The number of hydrogen-bond donors (Lipinski definition) is 2. The van der Waals surface area contributed by atoms with Crippen molar-refractivity contribution in [2.24, 2.45) is 0 Å². The second-order valence-corrected chi connectivity index (χ2v) is 6.89. The van der Waals surface area contributed by atoms with Crippen molar-refractivity contribution < 1.29 is 14.3 Å². The zero-order valence-electron chi connectivity index (χ0n) is 14.7. The van der Waals surface area contributed by atoms with Gasteiger partial charge in [0.25, 0.3) is 0 Å². The number of likely N-dealkylation sites (N-methyl/N-ethyl adjacent to an activating group) is 1. The van der Waals surface area contributed by atoms with Crippen LogP contribution in [0, 0.1) is 0 Å². The third-order valence-electron chi connectivity index (χ3n) is 4.58. The van der Waals surface area contributed by atoms with Crippen molar-refractivity contribution >= 4 is 29.1 Å². The van der Waals surface area contributed by atoms with E-state index in [9.17, 15) is 4.79 Å². The molecule has 5 nitrogen and oxygen atoms in total. The lowest BCUT2D eigenvalue weighted by molar-refractivity contribution is -0.122. The van der Waals surface area contributed by atoms with Crippen molar-refractivity contribution in [1.82, 2.24) is 10.6 Å². The highest BCUT2D eigenvalue weighted by atomic mass is 35.5. The number of halogens is 2. The summed E-state index contributed by atoms with van der Waals surface area (Å²) in [5, 5.41) is 7.19. The molecule has 0 aliphatic carbocycles. The number of amides is 1. The summed E-state index contributed by atoms with van der Waals surface area (Å²) < 4.78 is 10.9. The molecule has 2 N–H and O–H groups in total. The van der Waals surface area contributed by atoms with Gasteiger partial charge in [0.2, 0.25) is 5.91 Å². The number of fused-ring (bicyclic) bond motifs is 1. The fourth-order valence-corrected chi connectivity index (χ4v) is 3.81. The van der Waals surface area contributed by atoms with E-state index in [1.807, 2.05) is 18.2 Å². The molecule has 7 heteroatoms. The second-order valence-electron chi connectivity index (χ2n) is 6.04. The fourth-order valence-electron chi connectivity index (χ4n) is 3.29. The Morgan fingerprint density at radius 3 is 2.42 bits per heavy atom. The summed E-state index contributed by atoms with van der Waals surface area (Å²) in [5.41, 5.74) is 2.84. The van der Waals surface area contributed by atoms with Crippen LogP contribution in [0.1, 0.15) is 22.7 Å². The van der Waals surface area contributed by atoms with E-state index in [0.717, 1.165) is 16.7 Å². The third kappa shape index (κ3) is 3.47. The molecule has 2 atom stereocenters. The van der Waals surface area contributed by atoms with E-state index in [2.05, 4.69) is 10.6 Å². The van der Waals surface area contributed by atoms with Gasteiger partial charge in [-0.15, -0.1) is 0 Å². The lowest BCUT2D eigenvalue weighted by atomic mass is 9.86. The highest BCUT2D eigenvalue weighted by molar-refractivity contribution is 6.35. The molecule has 0 aromatic heterocycles. The Balaban J connectivity index is 2.15. The zero-order chi connectivity index (χ0) is 18.8. The molecule has 26 heavy (non-hydrogen) atoms. The first-order valence-corrected chi connectivity index (χ1v) is 8.91. The summed E-state index contributed by atoms with van der Waals surface area (Å²) in [7, 11) is 4.81. The Hall–Kier alpha value is -1.95. The van der Waals surface area contributed by atoms with Gasteiger partial charge in [-0.25, -0.2) is 0 Å². The van der Waals surface area contributed by atoms with Gasteiger partial charge in [0.15, 0.2) is 11.5 Å². The third-order valence-corrected chi connectivity index (χ3v) is 5.15. The Bertz CT molecular complexity index is 842. The Morgan fingerprint density at radius 1 is 1.12 bits per heavy atom. The molecule has 2 aromatic rings. The van der Waals surface area contributed by atoms with Gasteiger partial charge in [0.1, 0.15) is 0 Å². The zero-order valence-corrected chi connectivity index (χ0v) is 16.2. The van der Waals surface area contributed by atoms with Crippen LogP contribution in [0.25, 0.3) is 0 Å². The first kappa shape index (κ1) is 18.8. The van der Waals surface area contributed by atoms with Crippen LogP contribution in [0.5, 0.6) is 11.5 Å². The van der Waals surface area contributed by atoms with Gasteiger partial charge in [0, 0.05) is 17.1 Å². The molecule has 0 radical (unpaired) electrons. The molecule has 0 saturated carbocycles. The average molecular weight is 395 g/mol. The highest BCUT2D eigenvalue weighted by Crippen LogP contribution is 2.40. The van der Waals surface area contributed by atoms with Crippen molar-refractivity contribution in [3.05, 3.63) is 57.1 Å². The molecular weight excluding hydrogens is 375 g/mol. The van der Waals surface area contributed by atoms with Crippen LogP contribution in [0.3, 0.4) is 0 Å². The van der Waals surface area contributed by atoms with Crippen molar-refractivity contribution in [1.29, 1.82) is 0 Å². The summed E-state index contributed by atoms with van der Waals surface area (Å²) in [5.74, 6) is 1.17. The number of carbonyl (C=O) groups excluding carboxylic acids is 1. The monoisotopic (exact) mass is 394 g/mol. The van der Waals surface area contributed by atoms with E-state index < -0.39 is 0 Å². The standard InChI is InChI=1S/C19H20Cl2N2O3/c1-22-19(24)15-6-10-7-16(25-2)17(26-3)9-13(10)18(23-15)12-5-4-11(20)8-14(12)21/h4-5,7-9,15,18,23H,6H2,1-3H3,(H,22,24). The van der Waals surface area contributed by atoms with Crippen LogP contribution in [0.15, 0.2) is 30.3 Å². The van der Waals surface area contributed by atoms with Crippen molar-refractivity contribution in [3.63, 3.8) is 0 Å². The maximum Gasteiger partial charge on any atom is 0.237 e. The predicted molar refractivity (Wildman–Crippen MR) is 103 cm³/mol. The van der Waals surface area contributed by atoms with Crippen LogP contribution in [0.2, 0.25) is 10.0 Å². The molecule has 2 aromatic carbocycles. The number of nitrogens with one attached hydrogen (secondary N) is 2. The Kier molecular flexibility index (Phi) is 5.61. The highest BCUT2D eigenvalue weighted by Gasteiger charge is 2.33. The van der Waals surface area contributed by atoms with E-state index in [4.69, 9.17) is 32.7 Å². The van der Waals surface area contributed by atoms with Crippen molar-refractivity contribution in [3.8, 4) is 11.5 Å². The summed E-state index contributed by atoms with van der Waals surface area (Å²) in [4.78, 5) is 12.3. The minimum Gasteiger partial charge on any atom is -0.493 e. The topological polar surface area (TPSA) is 59.6 Å². The average Bonchev–Trinajstić information content (AvgIpc) is 2.65. The minimum absolute atomic E-state index is 0.0829. The van der Waals surface area contributed by atoms with Crippen molar-refractivity contribution in [2.75, 3.05) is 21.3 Å². The van der Waals surface area contributed by atoms with E-state index in [1.54, 1.807) is 33.4 Å².